The maximum Gasteiger partial charge on any atom is 0.265 e. The summed E-state index contributed by atoms with van der Waals surface area (Å²) in [5.74, 6) is -0.189. The van der Waals surface area contributed by atoms with Crippen LogP contribution < -0.4 is 10.0 Å². The van der Waals surface area contributed by atoms with Crippen molar-refractivity contribution in [1.82, 2.24) is 4.72 Å². The van der Waals surface area contributed by atoms with Gasteiger partial charge in [-0.25, -0.2) is 13.1 Å². The summed E-state index contributed by atoms with van der Waals surface area (Å²) in [5, 5.41) is 2.81. The average Bonchev–Trinajstić information content (AvgIpc) is 3.00. The van der Waals surface area contributed by atoms with Gasteiger partial charge in [-0.2, -0.15) is 0 Å². The molecule has 1 amide bonds. The molecule has 0 saturated heterocycles. The monoisotopic (exact) mass is 364 g/mol. The van der Waals surface area contributed by atoms with E-state index in [9.17, 15) is 13.2 Å². The fourth-order valence-electron chi connectivity index (χ4n) is 2.87. The molecule has 0 aliphatic heterocycles. The van der Waals surface area contributed by atoms with Crippen LogP contribution in [0.3, 0.4) is 0 Å². The van der Waals surface area contributed by atoms with Crippen LogP contribution in [-0.2, 0) is 22.9 Å². The summed E-state index contributed by atoms with van der Waals surface area (Å²) >= 11 is 1.54. The number of benzene rings is 1. The van der Waals surface area contributed by atoms with Gasteiger partial charge in [-0.1, -0.05) is 6.07 Å². The van der Waals surface area contributed by atoms with Crippen LogP contribution in [0.15, 0.2) is 29.2 Å². The first-order valence-corrected chi connectivity index (χ1v) is 10.2. The molecular weight excluding hydrogens is 344 g/mol. The molecular formula is C17H20N2O3S2. The zero-order valence-corrected chi connectivity index (χ0v) is 15.3. The Kier molecular flexibility index (Phi) is 4.76. The third-order valence-electron chi connectivity index (χ3n) is 4.22. The van der Waals surface area contributed by atoms with Gasteiger partial charge in [0.2, 0.25) is 10.0 Å². The fourth-order valence-corrected chi connectivity index (χ4v) is 5.02. The number of nitrogens with one attached hydrogen (secondary N) is 2. The summed E-state index contributed by atoms with van der Waals surface area (Å²) in [5.41, 5.74) is 2.39. The normalized spacial score (nSPS) is 14.2. The highest BCUT2D eigenvalue weighted by molar-refractivity contribution is 7.89. The van der Waals surface area contributed by atoms with Crippen molar-refractivity contribution in [2.45, 2.75) is 37.5 Å². The molecule has 0 bridgehead atoms. The van der Waals surface area contributed by atoms with Crippen molar-refractivity contribution in [3.63, 3.8) is 0 Å². The van der Waals surface area contributed by atoms with Crippen LogP contribution >= 0.6 is 11.3 Å². The van der Waals surface area contributed by atoms with Crippen LogP contribution in [0.4, 0.5) is 5.69 Å². The second-order valence-corrected chi connectivity index (χ2v) is 8.90. The molecule has 3 rings (SSSR count). The second-order valence-electron chi connectivity index (χ2n) is 5.91. The van der Waals surface area contributed by atoms with E-state index in [4.69, 9.17) is 0 Å². The molecule has 0 saturated carbocycles. The topological polar surface area (TPSA) is 75.3 Å². The van der Waals surface area contributed by atoms with E-state index in [0.717, 1.165) is 12.8 Å². The summed E-state index contributed by atoms with van der Waals surface area (Å²) in [6.45, 7) is 1.73. The third-order valence-corrected chi connectivity index (χ3v) is 7.02. The van der Waals surface area contributed by atoms with Gasteiger partial charge >= 0.3 is 0 Å². The first-order valence-electron chi connectivity index (χ1n) is 7.88. The first kappa shape index (κ1) is 17.1. The molecule has 1 aliphatic carbocycles. The molecule has 1 heterocycles. The van der Waals surface area contributed by atoms with Crippen molar-refractivity contribution in [2.75, 3.05) is 12.4 Å². The summed E-state index contributed by atoms with van der Waals surface area (Å²) < 4.78 is 26.4. The van der Waals surface area contributed by atoms with E-state index in [2.05, 4.69) is 10.0 Å². The Bertz CT molecular complexity index is 862. The molecule has 0 spiro atoms. The Labute approximate surface area is 146 Å². The van der Waals surface area contributed by atoms with E-state index in [-0.39, 0.29) is 10.8 Å². The van der Waals surface area contributed by atoms with Gasteiger partial charge < -0.3 is 5.32 Å². The molecule has 0 radical (unpaired) electrons. The highest BCUT2D eigenvalue weighted by Gasteiger charge is 2.19. The van der Waals surface area contributed by atoms with Gasteiger partial charge in [-0.05, 0) is 69.0 Å². The van der Waals surface area contributed by atoms with Gasteiger partial charge in [0.15, 0.2) is 0 Å². The number of hydrogen-bond donors (Lipinski definition) is 2. The molecule has 2 aromatic rings. The Morgan fingerprint density at radius 3 is 2.62 bits per heavy atom. The summed E-state index contributed by atoms with van der Waals surface area (Å²) in [6, 6.07) is 6.87. The minimum atomic E-state index is -3.55. The van der Waals surface area contributed by atoms with Crippen LogP contribution in [0.1, 0.15) is 38.5 Å². The van der Waals surface area contributed by atoms with Crippen molar-refractivity contribution in [1.29, 1.82) is 0 Å². The van der Waals surface area contributed by atoms with Crippen molar-refractivity contribution >= 4 is 33.0 Å². The number of amides is 1. The average molecular weight is 364 g/mol. The molecule has 24 heavy (non-hydrogen) atoms. The molecule has 0 fully saturated rings. The van der Waals surface area contributed by atoms with E-state index >= 15 is 0 Å². The number of carbonyl (C=O) groups excluding carboxylic acids is 1. The standard InChI is InChI=1S/C17H20N2O3S2/c1-11-7-8-13(10-16(11)24(21,22)18-2)19-17(20)15-9-12-5-3-4-6-14(12)23-15/h7-10,18H,3-6H2,1-2H3,(H,19,20). The van der Waals surface area contributed by atoms with E-state index < -0.39 is 10.0 Å². The van der Waals surface area contributed by atoms with Crippen molar-refractivity contribution < 1.29 is 13.2 Å². The fraction of sp³-hybridized carbons (Fsp3) is 0.353. The number of thiophene rings is 1. The largest absolute Gasteiger partial charge is 0.321 e. The van der Waals surface area contributed by atoms with E-state index in [0.29, 0.717) is 16.1 Å². The lowest BCUT2D eigenvalue weighted by Crippen LogP contribution is -2.20. The third kappa shape index (κ3) is 3.38. The minimum Gasteiger partial charge on any atom is -0.321 e. The predicted molar refractivity (Wildman–Crippen MR) is 96.3 cm³/mol. The summed E-state index contributed by atoms with van der Waals surface area (Å²) in [6.07, 6.45) is 4.43. The van der Waals surface area contributed by atoms with E-state index in [1.54, 1.807) is 19.1 Å². The smallest absolute Gasteiger partial charge is 0.265 e. The van der Waals surface area contributed by atoms with Gasteiger partial charge in [0.25, 0.3) is 5.91 Å². The maximum atomic E-state index is 12.5. The number of rotatable bonds is 4. The molecule has 0 atom stereocenters. The Morgan fingerprint density at radius 2 is 1.92 bits per heavy atom. The van der Waals surface area contributed by atoms with Crippen LogP contribution in [0.2, 0.25) is 0 Å². The molecule has 7 heteroatoms. The molecule has 1 aromatic carbocycles. The van der Waals surface area contributed by atoms with Crippen LogP contribution in [0.5, 0.6) is 0 Å². The molecule has 1 aliphatic rings. The molecule has 0 unspecified atom stereocenters. The van der Waals surface area contributed by atoms with Crippen LogP contribution in [-0.4, -0.2) is 21.4 Å². The second kappa shape index (κ2) is 6.66. The van der Waals surface area contributed by atoms with Gasteiger partial charge in [0, 0.05) is 10.6 Å². The molecule has 128 valence electrons. The Hall–Kier alpha value is -1.70. The summed E-state index contributed by atoms with van der Waals surface area (Å²) in [7, 11) is -2.18. The number of aryl methyl sites for hydroxylation is 3. The Morgan fingerprint density at radius 1 is 1.17 bits per heavy atom. The predicted octanol–water partition coefficient (Wildman–Crippen LogP) is 3.10. The van der Waals surface area contributed by atoms with Crippen LogP contribution in [0, 0.1) is 6.92 Å². The van der Waals surface area contributed by atoms with Crippen molar-refractivity contribution in [3.05, 3.63) is 45.1 Å². The zero-order chi connectivity index (χ0) is 17.3. The maximum absolute atomic E-state index is 12.5. The van der Waals surface area contributed by atoms with Crippen molar-refractivity contribution in [3.8, 4) is 0 Å². The highest BCUT2D eigenvalue weighted by Crippen LogP contribution is 2.30. The van der Waals surface area contributed by atoms with E-state index in [1.165, 1.54) is 47.7 Å². The quantitative estimate of drug-likeness (QED) is 0.875. The van der Waals surface area contributed by atoms with Gasteiger partial charge in [-0.15, -0.1) is 11.3 Å². The number of fused-ring (bicyclic) bond motifs is 1. The lowest BCUT2D eigenvalue weighted by Gasteiger charge is -2.10. The lowest BCUT2D eigenvalue weighted by molar-refractivity contribution is 0.103. The van der Waals surface area contributed by atoms with Gasteiger partial charge in [0.05, 0.1) is 9.77 Å². The molecule has 2 N–H and O–H groups in total. The SMILES string of the molecule is CNS(=O)(=O)c1cc(NC(=O)c2cc3c(s2)CCCC3)ccc1C. The van der Waals surface area contributed by atoms with E-state index in [1.807, 2.05) is 6.07 Å². The first-order chi connectivity index (χ1) is 11.4. The number of sulfonamides is 1. The Balaban J connectivity index is 1.84. The molecule has 1 aromatic heterocycles. The zero-order valence-electron chi connectivity index (χ0n) is 13.7. The highest BCUT2D eigenvalue weighted by atomic mass is 32.2. The van der Waals surface area contributed by atoms with Crippen molar-refractivity contribution in [2.24, 2.45) is 0 Å². The summed E-state index contributed by atoms with van der Waals surface area (Å²) in [4.78, 5) is 14.6. The van der Waals surface area contributed by atoms with Gasteiger partial charge in [0.1, 0.15) is 0 Å². The van der Waals surface area contributed by atoms with Crippen LogP contribution in [0.25, 0.3) is 0 Å². The lowest BCUT2D eigenvalue weighted by atomic mass is 9.99. The minimum absolute atomic E-state index is 0.174. The molecule has 5 nitrogen and oxygen atoms in total. The van der Waals surface area contributed by atoms with Gasteiger partial charge in [-0.3, -0.25) is 4.79 Å². The number of anilines is 1. The number of carbonyl (C=O) groups is 1. The number of hydrogen-bond acceptors (Lipinski definition) is 4.